The standard InChI is InChI=1S/C23H22N4O3S/c24-21(28)18-12-14(13-31-18)20-19-17(8-11-25-22(19)29)27(26-20)16-6-9-23(30,10-7-16)15-4-2-1-3-5-15/h1-5,8,11-13,16,30H,6-7,9-10H2,(H2,24,28)(H,25,29). The number of pyridine rings is 1. The fourth-order valence-electron chi connectivity index (χ4n) is 4.53. The fourth-order valence-corrected chi connectivity index (χ4v) is 5.28. The van der Waals surface area contributed by atoms with Gasteiger partial charge in [0.25, 0.3) is 11.5 Å². The van der Waals surface area contributed by atoms with E-state index >= 15 is 0 Å². The predicted molar refractivity (Wildman–Crippen MR) is 120 cm³/mol. The molecule has 31 heavy (non-hydrogen) atoms. The van der Waals surface area contributed by atoms with Crippen molar-refractivity contribution < 1.29 is 9.90 Å². The Morgan fingerprint density at radius 1 is 1.23 bits per heavy atom. The summed E-state index contributed by atoms with van der Waals surface area (Å²) in [6.07, 6.45) is 4.34. The number of nitrogens with one attached hydrogen (secondary N) is 1. The largest absolute Gasteiger partial charge is 0.385 e. The molecule has 4 aromatic rings. The topological polar surface area (TPSA) is 114 Å². The number of aliphatic hydroxyl groups is 1. The van der Waals surface area contributed by atoms with Gasteiger partial charge < -0.3 is 15.8 Å². The maximum atomic E-state index is 12.7. The molecule has 1 fully saturated rings. The molecule has 1 aromatic carbocycles. The maximum absolute atomic E-state index is 12.7. The molecule has 0 radical (unpaired) electrons. The monoisotopic (exact) mass is 434 g/mol. The number of amides is 1. The van der Waals surface area contributed by atoms with Crippen molar-refractivity contribution in [3.63, 3.8) is 0 Å². The summed E-state index contributed by atoms with van der Waals surface area (Å²) in [5.41, 5.74) is 7.27. The van der Waals surface area contributed by atoms with Crippen LogP contribution in [0.4, 0.5) is 0 Å². The lowest BCUT2D eigenvalue weighted by Gasteiger charge is -2.36. The van der Waals surface area contributed by atoms with Gasteiger partial charge in [-0.1, -0.05) is 30.3 Å². The second kappa shape index (κ2) is 7.47. The van der Waals surface area contributed by atoms with Crippen LogP contribution in [-0.2, 0) is 5.60 Å². The highest BCUT2D eigenvalue weighted by Gasteiger charge is 2.36. The Labute approximate surface area is 182 Å². The van der Waals surface area contributed by atoms with Crippen molar-refractivity contribution in [2.24, 2.45) is 5.73 Å². The van der Waals surface area contributed by atoms with Gasteiger partial charge in [-0.15, -0.1) is 11.3 Å². The third-order valence-corrected chi connectivity index (χ3v) is 7.13. The summed E-state index contributed by atoms with van der Waals surface area (Å²) in [4.78, 5) is 27.3. The molecule has 1 amide bonds. The van der Waals surface area contributed by atoms with E-state index in [9.17, 15) is 14.7 Å². The van der Waals surface area contributed by atoms with Crippen LogP contribution in [0.1, 0.15) is 47.0 Å². The van der Waals surface area contributed by atoms with Gasteiger partial charge in [0.1, 0.15) is 5.69 Å². The second-order valence-electron chi connectivity index (χ2n) is 8.05. The zero-order chi connectivity index (χ0) is 21.6. The fraction of sp³-hybridized carbons (Fsp3) is 0.261. The van der Waals surface area contributed by atoms with E-state index in [0.717, 1.165) is 23.9 Å². The molecule has 1 aliphatic rings. The molecular weight excluding hydrogens is 412 g/mol. The number of H-pyrrole nitrogens is 1. The van der Waals surface area contributed by atoms with E-state index in [0.29, 0.717) is 34.4 Å². The first-order valence-electron chi connectivity index (χ1n) is 10.2. The SMILES string of the molecule is NC(=O)c1cc(-c2nn(C3CCC(O)(c4ccccc4)CC3)c3cc[nH]c(=O)c23)cs1. The third kappa shape index (κ3) is 3.37. The number of aromatic amines is 1. The average Bonchev–Trinajstić information content (AvgIpc) is 3.41. The highest BCUT2D eigenvalue weighted by Crippen LogP contribution is 2.42. The molecule has 1 aliphatic carbocycles. The zero-order valence-corrected chi connectivity index (χ0v) is 17.6. The quantitative estimate of drug-likeness (QED) is 0.456. The average molecular weight is 435 g/mol. The molecule has 0 saturated heterocycles. The molecule has 0 spiro atoms. The number of primary amides is 1. The number of nitrogens with zero attached hydrogens (tertiary/aromatic N) is 2. The Bertz CT molecular complexity index is 1310. The number of nitrogens with two attached hydrogens (primary N) is 1. The summed E-state index contributed by atoms with van der Waals surface area (Å²) < 4.78 is 1.91. The zero-order valence-electron chi connectivity index (χ0n) is 16.7. The van der Waals surface area contributed by atoms with E-state index in [1.54, 1.807) is 17.6 Å². The molecule has 158 valence electrons. The van der Waals surface area contributed by atoms with Crippen LogP contribution >= 0.6 is 11.3 Å². The van der Waals surface area contributed by atoms with Gasteiger partial charge in [0.05, 0.1) is 27.4 Å². The lowest BCUT2D eigenvalue weighted by molar-refractivity contribution is -0.0131. The van der Waals surface area contributed by atoms with Gasteiger partial charge in [-0.25, -0.2) is 0 Å². The van der Waals surface area contributed by atoms with Gasteiger partial charge >= 0.3 is 0 Å². The molecule has 8 heteroatoms. The first kappa shape index (κ1) is 19.7. The lowest BCUT2D eigenvalue weighted by atomic mass is 9.78. The summed E-state index contributed by atoms with van der Waals surface area (Å²) in [5, 5.41) is 18.3. The summed E-state index contributed by atoms with van der Waals surface area (Å²) in [6.45, 7) is 0. The Morgan fingerprint density at radius 2 is 1.97 bits per heavy atom. The number of hydrogen-bond donors (Lipinski definition) is 3. The van der Waals surface area contributed by atoms with Crippen LogP contribution < -0.4 is 11.3 Å². The molecule has 1 saturated carbocycles. The van der Waals surface area contributed by atoms with Crippen LogP contribution in [-0.4, -0.2) is 25.8 Å². The lowest BCUT2D eigenvalue weighted by Crippen LogP contribution is -2.32. The third-order valence-electron chi connectivity index (χ3n) is 6.19. The van der Waals surface area contributed by atoms with Gasteiger partial charge in [0, 0.05) is 17.1 Å². The number of carbonyl (C=O) groups excluding carboxylic acids is 1. The Kier molecular flexibility index (Phi) is 4.75. The Morgan fingerprint density at radius 3 is 2.65 bits per heavy atom. The van der Waals surface area contributed by atoms with Crippen LogP contribution in [0, 0.1) is 0 Å². The van der Waals surface area contributed by atoms with Gasteiger partial charge in [0.2, 0.25) is 0 Å². The van der Waals surface area contributed by atoms with Gasteiger partial charge in [-0.2, -0.15) is 5.10 Å². The van der Waals surface area contributed by atoms with E-state index in [1.807, 2.05) is 41.1 Å². The Balaban J connectivity index is 1.52. The van der Waals surface area contributed by atoms with E-state index in [4.69, 9.17) is 10.8 Å². The highest BCUT2D eigenvalue weighted by atomic mass is 32.1. The van der Waals surface area contributed by atoms with Crippen molar-refractivity contribution in [2.75, 3.05) is 0 Å². The van der Waals surface area contributed by atoms with E-state index in [1.165, 1.54) is 11.3 Å². The minimum Gasteiger partial charge on any atom is -0.385 e. The number of hydrogen-bond acceptors (Lipinski definition) is 5. The molecule has 0 bridgehead atoms. The molecule has 3 aromatic heterocycles. The molecule has 0 atom stereocenters. The Hall–Kier alpha value is -3.23. The second-order valence-corrected chi connectivity index (χ2v) is 8.96. The van der Waals surface area contributed by atoms with E-state index in [-0.39, 0.29) is 11.6 Å². The van der Waals surface area contributed by atoms with Crippen LogP contribution in [0.25, 0.3) is 22.2 Å². The molecular formula is C23H22N4O3S. The van der Waals surface area contributed by atoms with Crippen LogP contribution in [0.5, 0.6) is 0 Å². The predicted octanol–water partition coefficient (Wildman–Crippen LogP) is 3.55. The molecule has 5 rings (SSSR count). The van der Waals surface area contributed by atoms with Crippen molar-refractivity contribution in [3.8, 4) is 11.3 Å². The van der Waals surface area contributed by atoms with Crippen LogP contribution in [0.2, 0.25) is 0 Å². The molecule has 3 heterocycles. The number of benzene rings is 1. The van der Waals surface area contributed by atoms with Crippen molar-refractivity contribution in [1.82, 2.24) is 14.8 Å². The number of carbonyl (C=O) groups is 1. The van der Waals surface area contributed by atoms with Crippen molar-refractivity contribution in [2.45, 2.75) is 37.3 Å². The first-order chi connectivity index (χ1) is 15.0. The van der Waals surface area contributed by atoms with Crippen molar-refractivity contribution in [1.29, 1.82) is 0 Å². The maximum Gasteiger partial charge on any atom is 0.259 e. The van der Waals surface area contributed by atoms with E-state index in [2.05, 4.69) is 4.98 Å². The summed E-state index contributed by atoms with van der Waals surface area (Å²) >= 11 is 1.24. The molecule has 4 N–H and O–H groups in total. The summed E-state index contributed by atoms with van der Waals surface area (Å²) in [7, 11) is 0. The molecule has 0 aliphatic heterocycles. The van der Waals surface area contributed by atoms with Crippen LogP contribution in [0.3, 0.4) is 0 Å². The number of thiophene rings is 1. The number of rotatable bonds is 4. The summed E-state index contributed by atoms with van der Waals surface area (Å²) in [5.74, 6) is -0.499. The van der Waals surface area contributed by atoms with Gasteiger partial charge in [0.15, 0.2) is 0 Å². The minimum atomic E-state index is -0.842. The minimum absolute atomic E-state index is 0.0660. The smallest absolute Gasteiger partial charge is 0.259 e. The van der Waals surface area contributed by atoms with Crippen molar-refractivity contribution in [3.05, 3.63) is 74.8 Å². The van der Waals surface area contributed by atoms with Gasteiger partial charge in [-0.3, -0.25) is 14.3 Å². The molecule has 0 unspecified atom stereocenters. The molecule has 7 nitrogen and oxygen atoms in total. The normalized spacial score (nSPS) is 21.4. The highest BCUT2D eigenvalue weighted by molar-refractivity contribution is 7.12. The summed E-state index contributed by atoms with van der Waals surface area (Å²) in [6, 6.07) is 13.4. The van der Waals surface area contributed by atoms with Crippen molar-refractivity contribution >= 4 is 28.1 Å². The number of aromatic nitrogens is 3. The first-order valence-corrected chi connectivity index (χ1v) is 11.1. The van der Waals surface area contributed by atoms with Gasteiger partial charge in [-0.05, 0) is 43.4 Å². The van der Waals surface area contributed by atoms with Crippen LogP contribution in [0.15, 0.2) is 58.8 Å². The number of fused-ring (bicyclic) bond motifs is 1. The van der Waals surface area contributed by atoms with E-state index < -0.39 is 11.5 Å².